The smallest absolute Gasteiger partial charge is 0.304 e. The first-order valence-corrected chi connectivity index (χ1v) is 3.61. The van der Waals surface area contributed by atoms with Crippen molar-refractivity contribution >= 4 is 38.1 Å². The molecule has 0 amide bonds. The Hall–Kier alpha value is 1.07. The third kappa shape index (κ3) is 5.07. The summed E-state index contributed by atoms with van der Waals surface area (Å²) in [5.74, 6) is 0. The molecule has 0 bridgehead atoms. The number of hydrogen-bond donors (Lipinski definition) is 0. The zero-order valence-corrected chi connectivity index (χ0v) is 5.72. The van der Waals surface area contributed by atoms with Gasteiger partial charge in [0, 0.05) is 0 Å². The monoisotopic (exact) mass is 204 g/mol. The van der Waals surface area contributed by atoms with Gasteiger partial charge in [-0.25, -0.2) is 0 Å². The lowest BCUT2D eigenvalue weighted by Gasteiger charge is -1.77. The Bertz CT molecular complexity index is 25.6. The maximum absolute atomic E-state index is 11.4. The summed E-state index contributed by atoms with van der Waals surface area (Å²) in [6.07, 6.45) is 1.73. The van der Waals surface area contributed by atoms with Crippen molar-refractivity contribution in [1.29, 1.82) is 0 Å². The fourth-order valence-electron chi connectivity index (χ4n) is 0. The lowest BCUT2D eigenvalue weighted by Crippen LogP contribution is -1.77. The van der Waals surface area contributed by atoms with Crippen LogP contribution in [0.25, 0.3) is 0 Å². The highest BCUT2D eigenvalue weighted by Crippen LogP contribution is 2.08. The topological polar surface area (TPSA) is 0 Å². The Balaban J connectivity index is 2.54. The lowest BCUT2D eigenvalue weighted by molar-refractivity contribution is 0.892. The minimum atomic E-state index is -0.729. The first kappa shape index (κ1) is 6.07. The predicted octanol–water partition coefficient (Wildman–Crippen LogP) is 1.74. The quantitative estimate of drug-likeness (QED) is 0.462. The van der Waals surface area contributed by atoms with Gasteiger partial charge < -0.3 is 4.32 Å². The Kier molecular flexibility index (Phi) is 3.98. The molecule has 0 aliphatic carbocycles. The summed E-state index contributed by atoms with van der Waals surface area (Å²) < 4.78 is 10.7. The zero-order chi connectivity index (χ0) is 4.28. The maximum Gasteiger partial charge on any atom is 0.479 e. The van der Waals surface area contributed by atoms with E-state index in [4.69, 9.17) is 0 Å². The van der Waals surface area contributed by atoms with Crippen molar-refractivity contribution in [2.24, 2.45) is 0 Å². The molecule has 5 heavy (non-hydrogen) atoms. The predicted molar refractivity (Wildman–Crippen MR) is 34.4 cm³/mol. The molecule has 0 saturated heterocycles. The Labute approximate surface area is 48.8 Å². The van der Waals surface area contributed by atoms with E-state index in [-0.39, 0.29) is 0 Å². The minimum Gasteiger partial charge on any atom is -0.304 e. The molecule has 0 radical (unpaired) electrons. The average Bonchev–Trinajstić information content (AvgIpc) is 1.38. The summed E-state index contributed by atoms with van der Waals surface area (Å²) >= 11 is 2.90. The number of rotatable bonds is 1. The summed E-state index contributed by atoms with van der Waals surface area (Å²) in [6.45, 7) is 0. The minimum absolute atomic E-state index is 0.729. The van der Waals surface area contributed by atoms with Gasteiger partial charge in [-0.1, -0.05) is 22.4 Å². The molecule has 0 spiro atoms. The molecule has 0 fully saturated rings. The van der Waals surface area contributed by atoms with Crippen molar-refractivity contribution in [3.8, 4) is 0 Å². The highest BCUT2D eigenvalue weighted by Gasteiger charge is 2.00. The third-order valence-electron chi connectivity index (χ3n) is 0.178. The highest BCUT2D eigenvalue weighted by atomic mass is 127. The maximum atomic E-state index is 11.4. The summed E-state index contributed by atoms with van der Waals surface area (Å²) in [5.41, 5.74) is 0. The van der Waals surface area contributed by atoms with Crippen LogP contribution in [0.1, 0.15) is 0 Å². The van der Waals surface area contributed by atoms with Crippen LogP contribution in [-0.2, 0) is 0 Å². The molecule has 0 aliphatic heterocycles. The molecule has 4 heteroatoms. The SMILES string of the molecule is CSB(F)I. The molecule has 0 aliphatic rings. The van der Waals surface area contributed by atoms with Gasteiger partial charge in [-0.05, 0) is 6.26 Å². The van der Waals surface area contributed by atoms with E-state index in [1.807, 2.05) is 0 Å². The van der Waals surface area contributed by atoms with Crippen LogP contribution in [0.2, 0.25) is 0 Å². The number of halogens is 2. The molecule has 0 atom stereocenters. The molecule has 0 aromatic heterocycles. The molecular formula is CH3BFIS. The molecular weight excluding hydrogens is 201 g/mol. The molecule has 0 nitrogen and oxygen atoms in total. The van der Waals surface area contributed by atoms with E-state index in [1.54, 1.807) is 28.6 Å². The Morgan fingerprint density at radius 2 is 2.20 bits per heavy atom. The molecule has 0 N–H and O–H groups in total. The highest BCUT2D eigenvalue weighted by molar-refractivity contribution is 14.1. The summed E-state index contributed by atoms with van der Waals surface area (Å²) in [4.78, 5) is 0. The van der Waals surface area contributed by atoms with Crippen LogP contribution >= 0.6 is 34.0 Å². The van der Waals surface area contributed by atoms with E-state index in [0.717, 1.165) is 0 Å². The molecule has 0 saturated carbocycles. The molecule has 0 rings (SSSR count). The third-order valence-corrected chi connectivity index (χ3v) is 2.06. The van der Waals surface area contributed by atoms with Gasteiger partial charge in [-0.2, -0.15) is 11.6 Å². The van der Waals surface area contributed by atoms with Crippen LogP contribution < -0.4 is 0 Å². The zero-order valence-electron chi connectivity index (χ0n) is 2.74. The second-order valence-electron chi connectivity index (χ2n) is 0.496. The van der Waals surface area contributed by atoms with Crippen LogP contribution in [0.5, 0.6) is 0 Å². The first-order chi connectivity index (χ1) is 2.27. The van der Waals surface area contributed by atoms with E-state index < -0.39 is 4.12 Å². The van der Waals surface area contributed by atoms with E-state index in [0.29, 0.717) is 0 Å². The van der Waals surface area contributed by atoms with Gasteiger partial charge in [-0.3, -0.25) is 0 Å². The second kappa shape index (κ2) is 3.27. The van der Waals surface area contributed by atoms with Crippen molar-refractivity contribution in [1.82, 2.24) is 0 Å². The van der Waals surface area contributed by atoms with Gasteiger partial charge in [-0.15, -0.1) is 0 Å². The lowest BCUT2D eigenvalue weighted by atomic mass is 10.6. The number of hydrogen-bond acceptors (Lipinski definition) is 1. The van der Waals surface area contributed by atoms with Crippen molar-refractivity contribution in [2.75, 3.05) is 6.26 Å². The molecule has 30 valence electrons. The normalized spacial score (nSPS) is 7.80. The molecule has 0 aromatic carbocycles. The van der Waals surface area contributed by atoms with E-state index in [9.17, 15) is 4.32 Å². The van der Waals surface area contributed by atoms with E-state index in [2.05, 4.69) is 0 Å². The van der Waals surface area contributed by atoms with Gasteiger partial charge in [0.05, 0.1) is 0 Å². The van der Waals surface area contributed by atoms with Crippen LogP contribution in [-0.4, -0.2) is 10.4 Å². The van der Waals surface area contributed by atoms with Gasteiger partial charge in [0.25, 0.3) is 0 Å². The summed E-state index contributed by atoms with van der Waals surface area (Å²) in [7, 11) is 0. The van der Waals surface area contributed by atoms with E-state index >= 15 is 0 Å². The van der Waals surface area contributed by atoms with Crippen LogP contribution in [0.4, 0.5) is 4.32 Å². The van der Waals surface area contributed by atoms with Crippen LogP contribution in [0.15, 0.2) is 0 Å². The standard InChI is InChI=1S/CH3BFIS/c1-5-2(3)4/h1H3. The Morgan fingerprint density at radius 1 is 2.00 bits per heavy atom. The van der Waals surface area contributed by atoms with Crippen LogP contribution in [0, 0.1) is 0 Å². The van der Waals surface area contributed by atoms with Crippen molar-refractivity contribution < 1.29 is 4.32 Å². The first-order valence-electron chi connectivity index (χ1n) is 1.08. The van der Waals surface area contributed by atoms with E-state index in [1.165, 1.54) is 11.6 Å². The van der Waals surface area contributed by atoms with Crippen molar-refractivity contribution in [2.45, 2.75) is 0 Å². The van der Waals surface area contributed by atoms with Gasteiger partial charge in [0.2, 0.25) is 0 Å². The fraction of sp³-hybridized carbons (Fsp3) is 1.00. The second-order valence-corrected chi connectivity index (χ2v) is 3.32. The van der Waals surface area contributed by atoms with Gasteiger partial charge >= 0.3 is 4.12 Å². The summed E-state index contributed by atoms with van der Waals surface area (Å²) in [5, 5.41) is 0. The van der Waals surface area contributed by atoms with Crippen LogP contribution in [0.3, 0.4) is 0 Å². The van der Waals surface area contributed by atoms with Crippen molar-refractivity contribution in [3.05, 3.63) is 0 Å². The molecule has 0 unspecified atom stereocenters. The largest absolute Gasteiger partial charge is 0.479 e. The van der Waals surface area contributed by atoms with Crippen molar-refractivity contribution in [3.63, 3.8) is 0 Å². The Morgan fingerprint density at radius 3 is 2.20 bits per heavy atom. The molecule has 0 heterocycles. The molecule has 0 aromatic rings. The van der Waals surface area contributed by atoms with Gasteiger partial charge in [0.15, 0.2) is 0 Å². The summed E-state index contributed by atoms with van der Waals surface area (Å²) in [6, 6.07) is 0. The average molecular weight is 204 g/mol. The van der Waals surface area contributed by atoms with Gasteiger partial charge in [0.1, 0.15) is 0 Å². The fourth-order valence-corrected chi connectivity index (χ4v) is 0.